The number of anilines is 1. The van der Waals surface area contributed by atoms with Gasteiger partial charge in [0.05, 0.1) is 11.5 Å². The zero-order chi connectivity index (χ0) is 12.4. The van der Waals surface area contributed by atoms with Crippen LogP contribution in [-0.4, -0.2) is 30.1 Å². The predicted octanol–water partition coefficient (Wildman–Crippen LogP) is 1.31. The minimum atomic E-state index is -1.02. The van der Waals surface area contributed by atoms with Crippen LogP contribution in [-0.2, 0) is 4.79 Å². The van der Waals surface area contributed by atoms with E-state index in [9.17, 15) is 9.59 Å². The standard InChI is InChI=1S/C11H11BrN2O3/c12-8-1-6(11(16)17)2-9(3-8)14-10(15)7-4-13-5-7/h1-3,7,13H,4-5H2,(H,14,15)(H,16,17). The van der Waals surface area contributed by atoms with Gasteiger partial charge in [0.1, 0.15) is 0 Å². The first-order valence-electron chi connectivity index (χ1n) is 5.12. The van der Waals surface area contributed by atoms with Crippen molar-refractivity contribution < 1.29 is 14.7 Å². The summed E-state index contributed by atoms with van der Waals surface area (Å²) in [5, 5.41) is 14.6. The highest BCUT2D eigenvalue weighted by Gasteiger charge is 2.24. The van der Waals surface area contributed by atoms with Crippen LogP contribution in [0.2, 0.25) is 0 Å². The van der Waals surface area contributed by atoms with Gasteiger partial charge in [-0.3, -0.25) is 4.79 Å². The molecular formula is C11H11BrN2O3. The Hall–Kier alpha value is -1.40. The van der Waals surface area contributed by atoms with E-state index in [4.69, 9.17) is 5.11 Å². The van der Waals surface area contributed by atoms with E-state index in [0.717, 1.165) is 0 Å². The van der Waals surface area contributed by atoms with Gasteiger partial charge >= 0.3 is 5.97 Å². The lowest BCUT2D eigenvalue weighted by Gasteiger charge is -2.25. The maximum Gasteiger partial charge on any atom is 0.335 e. The van der Waals surface area contributed by atoms with Gasteiger partial charge in [-0.05, 0) is 18.2 Å². The van der Waals surface area contributed by atoms with E-state index in [-0.39, 0.29) is 17.4 Å². The molecule has 1 saturated heterocycles. The Morgan fingerprint density at radius 1 is 1.35 bits per heavy atom. The van der Waals surface area contributed by atoms with Gasteiger partial charge in [0.2, 0.25) is 5.91 Å². The highest BCUT2D eigenvalue weighted by molar-refractivity contribution is 9.10. The van der Waals surface area contributed by atoms with Crippen LogP contribution in [0.1, 0.15) is 10.4 Å². The van der Waals surface area contributed by atoms with Gasteiger partial charge < -0.3 is 15.7 Å². The number of carbonyl (C=O) groups is 2. The number of amides is 1. The number of carboxylic acid groups (broad SMARTS) is 1. The molecule has 2 rings (SSSR count). The first kappa shape index (κ1) is 12.1. The first-order valence-corrected chi connectivity index (χ1v) is 5.91. The lowest BCUT2D eigenvalue weighted by atomic mass is 10.0. The molecule has 1 aromatic carbocycles. The number of benzene rings is 1. The summed E-state index contributed by atoms with van der Waals surface area (Å²) in [7, 11) is 0. The number of nitrogens with one attached hydrogen (secondary N) is 2. The molecule has 0 saturated carbocycles. The molecule has 0 aromatic heterocycles. The van der Waals surface area contributed by atoms with Gasteiger partial charge in [0, 0.05) is 23.2 Å². The highest BCUT2D eigenvalue weighted by atomic mass is 79.9. The monoisotopic (exact) mass is 298 g/mol. The summed E-state index contributed by atoms with van der Waals surface area (Å²) >= 11 is 3.21. The lowest BCUT2D eigenvalue weighted by molar-refractivity contribution is -0.121. The topological polar surface area (TPSA) is 78.4 Å². The molecule has 1 amide bonds. The highest BCUT2D eigenvalue weighted by Crippen LogP contribution is 2.20. The van der Waals surface area contributed by atoms with Crippen LogP contribution < -0.4 is 10.6 Å². The summed E-state index contributed by atoms with van der Waals surface area (Å²) in [5.41, 5.74) is 0.634. The molecule has 1 aliphatic rings. The summed E-state index contributed by atoms with van der Waals surface area (Å²) in [6.07, 6.45) is 0. The molecule has 1 fully saturated rings. The van der Waals surface area contributed by atoms with E-state index >= 15 is 0 Å². The third-order valence-electron chi connectivity index (χ3n) is 2.56. The quantitative estimate of drug-likeness (QED) is 0.786. The van der Waals surface area contributed by atoms with E-state index in [0.29, 0.717) is 23.2 Å². The molecule has 1 aliphatic heterocycles. The molecule has 0 spiro atoms. The van der Waals surface area contributed by atoms with Crippen LogP contribution in [0.25, 0.3) is 0 Å². The van der Waals surface area contributed by atoms with Crippen LogP contribution in [0.3, 0.4) is 0 Å². The molecule has 0 atom stereocenters. The largest absolute Gasteiger partial charge is 0.478 e. The van der Waals surface area contributed by atoms with E-state index in [1.807, 2.05) is 0 Å². The Bertz CT molecular complexity index is 472. The van der Waals surface area contributed by atoms with Crippen LogP contribution >= 0.6 is 15.9 Å². The van der Waals surface area contributed by atoms with Crippen LogP contribution in [0.4, 0.5) is 5.69 Å². The number of rotatable bonds is 3. The molecule has 6 heteroatoms. The lowest BCUT2D eigenvalue weighted by Crippen LogP contribution is -2.48. The van der Waals surface area contributed by atoms with E-state index in [2.05, 4.69) is 26.6 Å². The Morgan fingerprint density at radius 3 is 2.59 bits per heavy atom. The number of carbonyl (C=O) groups excluding carboxylic acids is 1. The van der Waals surface area contributed by atoms with Crippen molar-refractivity contribution in [1.82, 2.24) is 5.32 Å². The van der Waals surface area contributed by atoms with Gasteiger partial charge in [-0.2, -0.15) is 0 Å². The summed E-state index contributed by atoms with van der Waals surface area (Å²) in [4.78, 5) is 22.5. The second kappa shape index (κ2) is 4.85. The number of hydrogen-bond donors (Lipinski definition) is 3. The smallest absolute Gasteiger partial charge is 0.335 e. The van der Waals surface area contributed by atoms with Crippen molar-refractivity contribution in [3.63, 3.8) is 0 Å². The first-order chi connectivity index (χ1) is 8.06. The van der Waals surface area contributed by atoms with E-state index in [1.165, 1.54) is 12.1 Å². The van der Waals surface area contributed by atoms with Crippen molar-refractivity contribution in [3.05, 3.63) is 28.2 Å². The molecule has 0 aliphatic carbocycles. The Kier molecular flexibility index (Phi) is 3.44. The van der Waals surface area contributed by atoms with Crippen LogP contribution in [0.5, 0.6) is 0 Å². The maximum absolute atomic E-state index is 11.7. The molecule has 3 N–H and O–H groups in total. The Labute approximate surface area is 106 Å². The fourth-order valence-electron chi connectivity index (χ4n) is 1.50. The molecule has 5 nitrogen and oxygen atoms in total. The maximum atomic E-state index is 11.7. The predicted molar refractivity (Wildman–Crippen MR) is 66.1 cm³/mol. The van der Waals surface area contributed by atoms with Gasteiger partial charge in [0.25, 0.3) is 0 Å². The molecule has 0 bridgehead atoms. The Morgan fingerprint density at radius 2 is 2.06 bits per heavy atom. The van der Waals surface area contributed by atoms with Gasteiger partial charge in [-0.15, -0.1) is 0 Å². The number of carboxylic acids is 1. The second-order valence-corrected chi connectivity index (χ2v) is 4.79. The molecule has 0 unspecified atom stereocenters. The Balaban J connectivity index is 2.14. The molecule has 0 radical (unpaired) electrons. The van der Waals surface area contributed by atoms with Crippen molar-refractivity contribution in [1.29, 1.82) is 0 Å². The normalized spacial score (nSPS) is 15.1. The minimum absolute atomic E-state index is 0.0257. The summed E-state index contributed by atoms with van der Waals surface area (Å²) in [5.74, 6) is -1.13. The molecule has 17 heavy (non-hydrogen) atoms. The fourth-order valence-corrected chi connectivity index (χ4v) is 2.00. The van der Waals surface area contributed by atoms with Crippen LogP contribution in [0, 0.1) is 5.92 Å². The molecular weight excluding hydrogens is 288 g/mol. The summed E-state index contributed by atoms with van der Waals surface area (Å²) in [6, 6.07) is 4.61. The molecule has 1 aromatic rings. The minimum Gasteiger partial charge on any atom is -0.478 e. The summed E-state index contributed by atoms with van der Waals surface area (Å²) < 4.78 is 0.624. The van der Waals surface area contributed by atoms with Crippen molar-refractivity contribution in [2.24, 2.45) is 5.92 Å². The third kappa shape index (κ3) is 2.83. The van der Waals surface area contributed by atoms with Crippen molar-refractivity contribution in [2.45, 2.75) is 0 Å². The molecule has 90 valence electrons. The SMILES string of the molecule is O=C(O)c1cc(Br)cc(NC(=O)C2CNC2)c1. The molecule has 1 heterocycles. The summed E-state index contributed by atoms with van der Waals surface area (Å²) in [6.45, 7) is 1.34. The zero-order valence-electron chi connectivity index (χ0n) is 8.87. The third-order valence-corrected chi connectivity index (χ3v) is 3.02. The van der Waals surface area contributed by atoms with Gasteiger partial charge in [-0.25, -0.2) is 4.79 Å². The van der Waals surface area contributed by atoms with Crippen molar-refractivity contribution >= 4 is 33.5 Å². The van der Waals surface area contributed by atoms with Gasteiger partial charge in [-0.1, -0.05) is 15.9 Å². The zero-order valence-corrected chi connectivity index (χ0v) is 10.5. The van der Waals surface area contributed by atoms with E-state index in [1.54, 1.807) is 6.07 Å². The number of hydrogen-bond acceptors (Lipinski definition) is 3. The van der Waals surface area contributed by atoms with Crippen molar-refractivity contribution in [2.75, 3.05) is 18.4 Å². The van der Waals surface area contributed by atoms with Gasteiger partial charge in [0.15, 0.2) is 0 Å². The average molecular weight is 299 g/mol. The number of halogens is 1. The number of aromatic carboxylic acids is 1. The average Bonchev–Trinajstić information content (AvgIpc) is 2.13. The second-order valence-electron chi connectivity index (χ2n) is 3.88. The van der Waals surface area contributed by atoms with Crippen molar-refractivity contribution in [3.8, 4) is 0 Å². The van der Waals surface area contributed by atoms with Crippen LogP contribution in [0.15, 0.2) is 22.7 Å². The fraction of sp³-hybridized carbons (Fsp3) is 0.273. The van der Waals surface area contributed by atoms with E-state index < -0.39 is 5.97 Å².